The van der Waals surface area contributed by atoms with Crippen LogP contribution >= 0.6 is 11.6 Å². The number of ether oxygens (including phenoxy) is 2. The van der Waals surface area contributed by atoms with Crippen LogP contribution < -0.4 is 36.1 Å². The van der Waals surface area contributed by atoms with Crippen LogP contribution in [0.5, 0.6) is 11.5 Å². The van der Waals surface area contributed by atoms with E-state index in [0.717, 1.165) is 37.4 Å². The van der Waals surface area contributed by atoms with Gasteiger partial charge in [-0.2, -0.15) is 13.2 Å². The molecule has 50 heavy (non-hydrogen) atoms. The number of fused-ring (bicyclic) bond motifs is 1. The second kappa shape index (κ2) is 15.9. The summed E-state index contributed by atoms with van der Waals surface area (Å²) < 4.78 is 53.9. The molecule has 0 unspecified atom stereocenters. The molecule has 4 aromatic rings. The summed E-state index contributed by atoms with van der Waals surface area (Å²) in [6, 6.07) is 13.3. The molecule has 1 fully saturated rings. The molecule has 2 heterocycles. The van der Waals surface area contributed by atoms with Crippen molar-refractivity contribution in [1.29, 1.82) is 0 Å². The molecule has 5 rings (SSSR count). The number of benzene rings is 3. The van der Waals surface area contributed by atoms with Gasteiger partial charge >= 0.3 is 6.18 Å². The number of aromatic nitrogens is 2. The van der Waals surface area contributed by atoms with E-state index in [9.17, 15) is 22.8 Å². The van der Waals surface area contributed by atoms with Crippen molar-refractivity contribution in [2.24, 2.45) is 10.7 Å². The Kier molecular flexibility index (Phi) is 11.4. The predicted octanol–water partition coefficient (Wildman–Crippen LogP) is 5.75. The molecule has 0 atom stereocenters. The Morgan fingerprint density at radius 3 is 2.48 bits per heavy atom. The maximum atomic E-state index is 14.3. The van der Waals surface area contributed by atoms with Crippen molar-refractivity contribution in [3.8, 4) is 11.5 Å². The van der Waals surface area contributed by atoms with E-state index in [1.165, 1.54) is 55.9 Å². The summed E-state index contributed by atoms with van der Waals surface area (Å²) in [4.78, 5) is 40.3. The first-order valence-electron chi connectivity index (χ1n) is 15.5. The van der Waals surface area contributed by atoms with Crippen molar-refractivity contribution in [3.63, 3.8) is 0 Å². The lowest BCUT2D eigenvalue weighted by Gasteiger charge is -2.29. The summed E-state index contributed by atoms with van der Waals surface area (Å²) in [5.74, 6) is -0.301. The average molecular weight is 711 g/mol. The SMILES string of the molecule is CCC(=O)Nc1ccc(OCc2cc3ncnc(N4CCNCC4)c3cc2Cl)c(NC(=O)C(=CN)C(=Nc2ccc(OC)cc2)C(F)(F)F)c1. The summed E-state index contributed by atoms with van der Waals surface area (Å²) in [6.07, 6.45) is -2.89. The largest absolute Gasteiger partial charge is 0.497 e. The molecule has 0 bridgehead atoms. The van der Waals surface area contributed by atoms with Crippen LogP contribution in [0.2, 0.25) is 5.02 Å². The molecule has 12 nitrogen and oxygen atoms in total. The first-order chi connectivity index (χ1) is 24.0. The molecule has 0 radical (unpaired) electrons. The van der Waals surface area contributed by atoms with Crippen molar-refractivity contribution in [2.75, 3.05) is 48.8 Å². The van der Waals surface area contributed by atoms with Crippen LogP contribution in [0.4, 0.5) is 36.1 Å². The smallest absolute Gasteiger partial charge is 0.434 e. The Bertz CT molecular complexity index is 1930. The zero-order valence-corrected chi connectivity index (χ0v) is 27.9. The fraction of sp³-hybridized carbons (Fsp3) is 0.265. The number of hydrogen-bond acceptors (Lipinski definition) is 10. The molecule has 0 spiro atoms. The molecule has 16 heteroatoms. The Morgan fingerprint density at radius 2 is 1.82 bits per heavy atom. The van der Waals surface area contributed by atoms with Gasteiger partial charge in [-0.25, -0.2) is 15.0 Å². The van der Waals surface area contributed by atoms with Crippen LogP contribution in [0.25, 0.3) is 10.9 Å². The third-order valence-corrected chi connectivity index (χ3v) is 8.01. The standard InChI is InChI=1S/C34H34ClF3N8O4/c1-3-30(47)43-22-6-9-29(50-18-20-14-27-24(16-26(20)35)32(42-19-41-27)46-12-10-40-11-13-46)28(15-22)45-33(48)25(17-39)31(34(36,37)38)44-21-4-7-23(49-2)8-5-21/h4-9,14-17,19,40H,3,10-13,18,39H2,1-2H3,(H,43,47)(H,45,48). The number of halogens is 4. The number of nitrogens with zero attached hydrogens (tertiary/aromatic N) is 4. The molecule has 1 aliphatic heterocycles. The summed E-state index contributed by atoms with van der Waals surface area (Å²) in [7, 11) is 1.41. The molecule has 262 valence electrons. The van der Waals surface area contributed by atoms with Crippen molar-refractivity contribution < 1.29 is 32.2 Å². The van der Waals surface area contributed by atoms with E-state index in [1.54, 1.807) is 19.1 Å². The highest BCUT2D eigenvalue weighted by atomic mass is 35.5. The number of nitrogens with one attached hydrogen (secondary N) is 3. The van der Waals surface area contributed by atoms with E-state index >= 15 is 0 Å². The lowest BCUT2D eigenvalue weighted by atomic mass is 10.1. The van der Waals surface area contributed by atoms with Gasteiger partial charge in [0.15, 0.2) is 5.71 Å². The number of piperazine rings is 1. The van der Waals surface area contributed by atoms with Gasteiger partial charge in [0.25, 0.3) is 5.91 Å². The number of carbonyl (C=O) groups is 2. The van der Waals surface area contributed by atoms with Crippen LogP contribution in [0.1, 0.15) is 18.9 Å². The van der Waals surface area contributed by atoms with Crippen molar-refractivity contribution in [1.82, 2.24) is 15.3 Å². The van der Waals surface area contributed by atoms with Crippen molar-refractivity contribution >= 4 is 62.9 Å². The molecule has 3 aromatic carbocycles. The van der Waals surface area contributed by atoms with Crippen LogP contribution in [-0.4, -0.2) is 67.0 Å². The molecule has 1 aliphatic rings. The number of alkyl halides is 3. The molecule has 1 aromatic heterocycles. The van der Waals surface area contributed by atoms with Gasteiger partial charge < -0.3 is 36.1 Å². The maximum Gasteiger partial charge on any atom is 0.434 e. The molecule has 0 aliphatic carbocycles. The number of nitrogens with two attached hydrogens (primary N) is 1. The summed E-state index contributed by atoms with van der Waals surface area (Å²) in [6.45, 7) is 4.74. The minimum Gasteiger partial charge on any atom is -0.497 e. The van der Waals surface area contributed by atoms with E-state index in [-0.39, 0.29) is 41.7 Å². The van der Waals surface area contributed by atoms with E-state index in [0.29, 0.717) is 28.1 Å². The summed E-state index contributed by atoms with van der Waals surface area (Å²) in [5, 5.41) is 9.55. The van der Waals surface area contributed by atoms with Gasteiger partial charge in [-0.05, 0) is 54.6 Å². The summed E-state index contributed by atoms with van der Waals surface area (Å²) >= 11 is 6.69. The minimum atomic E-state index is -5.06. The highest BCUT2D eigenvalue weighted by Crippen LogP contribution is 2.34. The minimum absolute atomic E-state index is 0.0468. The van der Waals surface area contributed by atoms with Gasteiger partial charge in [-0.3, -0.25) is 9.59 Å². The normalized spacial score (nSPS) is 14.0. The average Bonchev–Trinajstić information content (AvgIpc) is 3.11. The molecular formula is C34H34ClF3N8O4. The van der Waals surface area contributed by atoms with E-state index in [2.05, 4.69) is 35.8 Å². The molecular weight excluding hydrogens is 677 g/mol. The predicted molar refractivity (Wildman–Crippen MR) is 186 cm³/mol. The highest BCUT2D eigenvalue weighted by molar-refractivity contribution is 6.32. The second-order valence-corrected chi connectivity index (χ2v) is 11.4. The Balaban J connectivity index is 1.44. The third kappa shape index (κ3) is 8.59. The number of carbonyl (C=O) groups excluding carboxylic acids is 2. The molecule has 2 amide bonds. The number of amides is 2. The zero-order valence-electron chi connectivity index (χ0n) is 27.1. The third-order valence-electron chi connectivity index (χ3n) is 7.66. The number of rotatable bonds is 11. The van der Waals surface area contributed by atoms with E-state index < -0.39 is 23.4 Å². The van der Waals surface area contributed by atoms with Crippen LogP contribution in [0.15, 0.2) is 77.7 Å². The molecule has 1 saturated heterocycles. The Morgan fingerprint density at radius 1 is 1.08 bits per heavy atom. The van der Waals surface area contributed by atoms with Gasteiger partial charge in [-0.15, -0.1) is 0 Å². The lowest BCUT2D eigenvalue weighted by Crippen LogP contribution is -2.44. The van der Waals surface area contributed by atoms with Gasteiger partial charge in [0.05, 0.1) is 29.6 Å². The Labute approximate surface area is 290 Å². The first kappa shape index (κ1) is 35.9. The summed E-state index contributed by atoms with van der Waals surface area (Å²) in [5.41, 5.74) is 4.44. The fourth-order valence-corrected chi connectivity index (χ4v) is 5.31. The monoisotopic (exact) mass is 710 g/mol. The maximum absolute atomic E-state index is 14.3. The molecule has 5 N–H and O–H groups in total. The highest BCUT2D eigenvalue weighted by Gasteiger charge is 2.40. The van der Waals surface area contributed by atoms with E-state index in [4.69, 9.17) is 26.8 Å². The van der Waals surface area contributed by atoms with Gasteiger partial charge in [0, 0.05) is 60.5 Å². The van der Waals surface area contributed by atoms with Gasteiger partial charge in [0.2, 0.25) is 5.91 Å². The van der Waals surface area contributed by atoms with Crippen molar-refractivity contribution in [3.05, 3.63) is 83.3 Å². The van der Waals surface area contributed by atoms with Gasteiger partial charge in [0.1, 0.15) is 30.3 Å². The zero-order chi connectivity index (χ0) is 35.8. The van der Waals surface area contributed by atoms with Gasteiger partial charge in [-0.1, -0.05) is 18.5 Å². The number of aliphatic imine (C=N–C) groups is 1. The topological polar surface area (TPSA) is 156 Å². The Hall–Kier alpha value is -5.41. The van der Waals surface area contributed by atoms with Crippen LogP contribution in [-0.2, 0) is 16.2 Å². The van der Waals surface area contributed by atoms with Crippen molar-refractivity contribution in [2.45, 2.75) is 26.1 Å². The van der Waals surface area contributed by atoms with Crippen LogP contribution in [0, 0.1) is 0 Å². The quantitative estimate of drug-likeness (QED) is 0.113. The lowest BCUT2D eigenvalue weighted by molar-refractivity contribution is -0.116. The van der Waals surface area contributed by atoms with E-state index in [1.807, 2.05) is 0 Å². The number of anilines is 3. The second-order valence-electron chi connectivity index (χ2n) is 11.0. The molecule has 0 saturated carbocycles. The number of methoxy groups -OCH3 is 1. The fourth-order valence-electron chi connectivity index (χ4n) is 5.10. The van der Waals surface area contributed by atoms with Crippen LogP contribution in [0.3, 0.4) is 0 Å². The first-order valence-corrected chi connectivity index (χ1v) is 15.9. The number of hydrogen-bond donors (Lipinski definition) is 4.